The second-order valence-electron chi connectivity index (χ2n) is 4.75. The van der Waals surface area contributed by atoms with Crippen LogP contribution in [0.1, 0.15) is 12.5 Å². The van der Waals surface area contributed by atoms with Crippen molar-refractivity contribution in [3.05, 3.63) is 23.8 Å². The maximum absolute atomic E-state index is 11.3. The van der Waals surface area contributed by atoms with Gasteiger partial charge >= 0.3 is 11.9 Å². The van der Waals surface area contributed by atoms with Crippen LogP contribution in [0.2, 0.25) is 0 Å². The first-order chi connectivity index (χ1) is 11.2. The van der Waals surface area contributed by atoms with Gasteiger partial charge in [0.25, 0.3) is 0 Å². The monoisotopic (exact) mass is 374 g/mol. The lowest BCUT2D eigenvalue weighted by Gasteiger charge is -2.11. The van der Waals surface area contributed by atoms with Crippen LogP contribution in [0.25, 0.3) is 0 Å². The van der Waals surface area contributed by atoms with E-state index in [1.807, 2.05) is 0 Å². The lowest BCUT2D eigenvalue weighted by atomic mass is 10.1. The number of rotatable bonds is 9. The second-order valence-corrected chi connectivity index (χ2v) is 7.31. The fourth-order valence-electron chi connectivity index (χ4n) is 1.67. The average molecular weight is 374 g/mol. The summed E-state index contributed by atoms with van der Waals surface area (Å²) >= 11 is 0. The molecule has 0 spiro atoms. The summed E-state index contributed by atoms with van der Waals surface area (Å²) in [6, 6.07) is 2.05. The van der Waals surface area contributed by atoms with E-state index in [4.69, 9.17) is 10.8 Å². The Labute approximate surface area is 146 Å². The van der Waals surface area contributed by atoms with Gasteiger partial charge in [0.2, 0.25) is 0 Å². The predicted molar refractivity (Wildman–Crippen MR) is 93.9 cm³/mol. The van der Waals surface area contributed by atoms with Crippen molar-refractivity contribution in [1.29, 1.82) is 0 Å². The molecule has 1 aromatic carbocycles. The second kappa shape index (κ2) is 9.40. The third-order valence-electron chi connectivity index (χ3n) is 2.89. The highest BCUT2D eigenvalue weighted by molar-refractivity contribution is 8.76. The SMILES string of the molecule is CC(=NC(CSSCC(N)C(=O)O)C(=O)O)c1c(O)cccc1O. The van der Waals surface area contributed by atoms with E-state index in [-0.39, 0.29) is 34.3 Å². The first-order valence-electron chi connectivity index (χ1n) is 6.75. The molecule has 0 saturated heterocycles. The van der Waals surface area contributed by atoms with Gasteiger partial charge in [0.05, 0.1) is 5.56 Å². The Kier molecular flexibility index (Phi) is 7.89. The topological polar surface area (TPSA) is 153 Å². The van der Waals surface area contributed by atoms with Gasteiger partial charge in [-0.2, -0.15) is 0 Å². The van der Waals surface area contributed by atoms with Crippen LogP contribution in [0.15, 0.2) is 23.2 Å². The highest BCUT2D eigenvalue weighted by Gasteiger charge is 2.20. The zero-order chi connectivity index (χ0) is 18.3. The molecule has 24 heavy (non-hydrogen) atoms. The Morgan fingerprint density at radius 2 is 1.67 bits per heavy atom. The summed E-state index contributed by atoms with van der Waals surface area (Å²) in [5.41, 5.74) is 5.61. The molecule has 8 nitrogen and oxygen atoms in total. The van der Waals surface area contributed by atoms with Crippen LogP contribution in [0, 0.1) is 0 Å². The number of aliphatic carboxylic acids is 2. The number of benzene rings is 1. The first kappa shape index (κ1) is 20.1. The van der Waals surface area contributed by atoms with Gasteiger partial charge in [0.1, 0.15) is 17.5 Å². The summed E-state index contributed by atoms with van der Waals surface area (Å²) in [7, 11) is 2.29. The van der Waals surface area contributed by atoms with E-state index in [1.165, 1.54) is 25.1 Å². The summed E-state index contributed by atoms with van der Waals surface area (Å²) in [6.07, 6.45) is 0. The van der Waals surface area contributed by atoms with Crippen molar-refractivity contribution in [3.63, 3.8) is 0 Å². The molecule has 0 fully saturated rings. The molecule has 0 amide bonds. The van der Waals surface area contributed by atoms with Crippen LogP contribution in [-0.2, 0) is 9.59 Å². The number of phenolic OH excluding ortho intramolecular Hbond substituents is 2. The van der Waals surface area contributed by atoms with E-state index in [0.29, 0.717) is 0 Å². The van der Waals surface area contributed by atoms with Crippen molar-refractivity contribution in [1.82, 2.24) is 0 Å². The summed E-state index contributed by atoms with van der Waals surface area (Å²) in [6.45, 7) is 1.49. The van der Waals surface area contributed by atoms with Crippen molar-refractivity contribution in [3.8, 4) is 11.5 Å². The molecule has 132 valence electrons. The highest BCUT2D eigenvalue weighted by Crippen LogP contribution is 2.28. The van der Waals surface area contributed by atoms with Crippen LogP contribution in [0.3, 0.4) is 0 Å². The van der Waals surface area contributed by atoms with Gasteiger partial charge in [-0.05, 0) is 19.1 Å². The first-order valence-corrected chi connectivity index (χ1v) is 9.24. The van der Waals surface area contributed by atoms with Crippen LogP contribution in [0.4, 0.5) is 0 Å². The number of aromatic hydroxyl groups is 2. The van der Waals surface area contributed by atoms with Crippen LogP contribution in [0.5, 0.6) is 11.5 Å². The van der Waals surface area contributed by atoms with Crippen molar-refractivity contribution in [2.75, 3.05) is 11.5 Å². The summed E-state index contributed by atoms with van der Waals surface area (Å²) in [5, 5.41) is 37.4. The van der Waals surface area contributed by atoms with Crippen molar-refractivity contribution in [2.45, 2.75) is 19.0 Å². The third kappa shape index (κ3) is 5.95. The molecule has 0 aliphatic carbocycles. The predicted octanol–water partition coefficient (Wildman–Crippen LogP) is 1.15. The molecular weight excluding hydrogens is 356 g/mol. The molecule has 10 heteroatoms. The minimum atomic E-state index is -1.17. The average Bonchev–Trinajstić information content (AvgIpc) is 2.49. The lowest BCUT2D eigenvalue weighted by molar-refractivity contribution is -0.138. The Morgan fingerprint density at radius 3 is 2.17 bits per heavy atom. The number of nitrogens with zero attached hydrogens (tertiary/aromatic N) is 1. The summed E-state index contributed by atoms with van der Waals surface area (Å²) < 4.78 is 0. The molecule has 1 rings (SSSR count). The number of aliphatic imine (C=N–C) groups is 1. The molecular formula is C14H18N2O6S2. The number of carboxylic acids is 2. The van der Waals surface area contributed by atoms with E-state index >= 15 is 0 Å². The van der Waals surface area contributed by atoms with Gasteiger partial charge in [0.15, 0.2) is 6.04 Å². The molecule has 0 aliphatic rings. The number of carboxylic acid groups (broad SMARTS) is 2. The number of carbonyl (C=O) groups is 2. The van der Waals surface area contributed by atoms with E-state index in [9.17, 15) is 24.9 Å². The van der Waals surface area contributed by atoms with Gasteiger partial charge in [0, 0.05) is 17.2 Å². The zero-order valence-electron chi connectivity index (χ0n) is 12.7. The highest BCUT2D eigenvalue weighted by atomic mass is 33.1. The number of hydrogen-bond donors (Lipinski definition) is 5. The Balaban J connectivity index is 2.75. The summed E-state index contributed by atoms with van der Waals surface area (Å²) in [4.78, 5) is 25.9. The molecule has 0 saturated carbocycles. The molecule has 0 bridgehead atoms. The fraction of sp³-hybridized carbons (Fsp3) is 0.357. The van der Waals surface area contributed by atoms with Gasteiger partial charge in [-0.3, -0.25) is 9.79 Å². The lowest BCUT2D eigenvalue weighted by Crippen LogP contribution is -2.32. The Bertz CT molecular complexity index is 617. The maximum atomic E-state index is 11.3. The third-order valence-corrected chi connectivity index (χ3v) is 5.32. The normalized spacial score (nSPS) is 14.2. The van der Waals surface area contributed by atoms with E-state index in [0.717, 1.165) is 21.6 Å². The molecule has 2 unspecified atom stereocenters. The number of phenols is 2. The van der Waals surface area contributed by atoms with Crippen molar-refractivity contribution in [2.24, 2.45) is 10.7 Å². The van der Waals surface area contributed by atoms with Gasteiger partial charge in [-0.1, -0.05) is 27.7 Å². The smallest absolute Gasteiger partial charge is 0.329 e. The Morgan fingerprint density at radius 1 is 1.12 bits per heavy atom. The van der Waals surface area contributed by atoms with Crippen LogP contribution in [-0.4, -0.2) is 61.7 Å². The van der Waals surface area contributed by atoms with E-state index in [2.05, 4.69) is 4.99 Å². The van der Waals surface area contributed by atoms with Crippen molar-refractivity contribution < 1.29 is 30.0 Å². The van der Waals surface area contributed by atoms with Gasteiger partial charge in [-0.15, -0.1) is 0 Å². The largest absolute Gasteiger partial charge is 0.507 e. The number of hydrogen-bond acceptors (Lipinski definition) is 8. The molecule has 1 aromatic rings. The zero-order valence-corrected chi connectivity index (χ0v) is 14.4. The molecule has 0 heterocycles. The number of nitrogens with two attached hydrogens (primary N) is 1. The molecule has 0 aromatic heterocycles. The maximum Gasteiger partial charge on any atom is 0.329 e. The minimum Gasteiger partial charge on any atom is -0.507 e. The van der Waals surface area contributed by atoms with E-state index in [1.54, 1.807) is 0 Å². The van der Waals surface area contributed by atoms with Crippen molar-refractivity contribution >= 4 is 39.2 Å². The van der Waals surface area contributed by atoms with E-state index < -0.39 is 24.0 Å². The van der Waals surface area contributed by atoms with Crippen LogP contribution >= 0.6 is 21.6 Å². The van der Waals surface area contributed by atoms with Gasteiger partial charge < -0.3 is 26.2 Å². The summed E-state index contributed by atoms with van der Waals surface area (Å²) in [5.74, 6) is -2.47. The standard InChI is InChI=1S/C14H18N2O6S2/c1-7(12-10(17)3-2-4-11(12)18)16-9(14(21)22)6-24-23-5-8(15)13(19)20/h2-4,8-9,17-18H,5-6,15H2,1H3,(H,19,20)(H,21,22). The van der Waals surface area contributed by atoms with Gasteiger partial charge in [-0.25, -0.2) is 4.79 Å². The van der Waals surface area contributed by atoms with Crippen LogP contribution < -0.4 is 5.73 Å². The Hall–Kier alpha value is -1.91. The molecule has 6 N–H and O–H groups in total. The molecule has 2 atom stereocenters. The minimum absolute atomic E-state index is 0.0781. The quantitative estimate of drug-likeness (QED) is 0.243. The molecule has 0 aliphatic heterocycles. The fourth-order valence-corrected chi connectivity index (χ4v) is 3.90. The molecule has 0 radical (unpaired) electrons.